The molecule has 0 fully saturated rings. The number of rotatable bonds is 9. The molecule has 0 unspecified atom stereocenters. The van der Waals surface area contributed by atoms with E-state index in [1.807, 2.05) is 67.2 Å². The third-order valence-corrected chi connectivity index (χ3v) is 5.16. The van der Waals surface area contributed by atoms with E-state index in [2.05, 4.69) is 24.3 Å². The second-order valence-corrected chi connectivity index (χ2v) is 7.32. The Morgan fingerprint density at radius 1 is 0.893 bits per heavy atom. The lowest BCUT2D eigenvalue weighted by Crippen LogP contribution is -2.04. The standard InChI is InChI=1S/C24H24O3S/c1-2-26-24(25)22-8-6-7-21(17-22)20-13-11-19(12-14-20)18-28-16-15-27-23-9-4-3-5-10-23/h3-14,17H,2,15-16,18H2,1H3. The summed E-state index contributed by atoms with van der Waals surface area (Å²) in [6.45, 7) is 2.89. The Hall–Kier alpha value is -2.72. The highest BCUT2D eigenvalue weighted by molar-refractivity contribution is 7.98. The molecular formula is C24H24O3S. The summed E-state index contributed by atoms with van der Waals surface area (Å²) in [5.74, 6) is 2.52. The van der Waals surface area contributed by atoms with Crippen molar-refractivity contribution in [2.45, 2.75) is 12.7 Å². The number of benzene rings is 3. The lowest BCUT2D eigenvalue weighted by Gasteiger charge is -2.08. The zero-order chi connectivity index (χ0) is 19.6. The number of hydrogen-bond acceptors (Lipinski definition) is 4. The minimum absolute atomic E-state index is 0.282. The topological polar surface area (TPSA) is 35.5 Å². The first-order chi connectivity index (χ1) is 13.8. The Balaban J connectivity index is 1.49. The van der Waals surface area contributed by atoms with E-state index in [0.29, 0.717) is 18.8 Å². The van der Waals surface area contributed by atoms with Crippen LogP contribution in [0.2, 0.25) is 0 Å². The predicted molar refractivity (Wildman–Crippen MR) is 116 cm³/mol. The summed E-state index contributed by atoms with van der Waals surface area (Å²) < 4.78 is 10.8. The van der Waals surface area contributed by atoms with E-state index >= 15 is 0 Å². The van der Waals surface area contributed by atoms with Crippen LogP contribution in [0.4, 0.5) is 0 Å². The van der Waals surface area contributed by atoms with E-state index in [-0.39, 0.29) is 5.97 Å². The molecule has 0 atom stereocenters. The summed E-state index contributed by atoms with van der Waals surface area (Å²) in [5, 5.41) is 0. The highest BCUT2D eigenvalue weighted by Gasteiger charge is 2.07. The lowest BCUT2D eigenvalue weighted by atomic mass is 10.0. The van der Waals surface area contributed by atoms with Crippen LogP contribution >= 0.6 is 11.8 Å². The fraction of sp³-hybridized carbons (Fsp3) is 0.208. The van der Waals surface area contributed by atoms with Crippen LogP contribution in [0.1, 0.15) is 22.8 Å². The Morgan fingerprint density at radius 2 is 1.68 bits per heavy atom. The average Bonchev–Trinajstić information content (AvgIpc) is 2.75. The number of carbonyl (C=O) groups is 1. The highest BCUT2D eigenvalue weighted by Crippen LogP contribution is 2.23. The van der Waals surface area contributed by atoms with Gasteiger partial charge in [0.2, 0.25) is 0 Å². The average molecular weight is 393 g/mol. The number of para-hydroxylation sites is 1. The number of thioether (sulfide) groups is 1. The first-order valence-electron chi connectivity index (χ1n) is 9.38. The third-order valence-electron chi connectivity index (χ3n) is 4.17. The van der Waals surface area contributed by atoms with Gasteiger partial charge in [-0.2, -0.15) is 11.8 Å². The molecular weight excluding hydrogens is 368 g/mol. The summed E-state index contributed by atoms with van der Waals surface area (Å²) in [6, 6.07) is 25.9. The summed E-state index contributed by atoms with van der Waals surface area (Å²) in [6.07, 6.45) is 0. The molecule has 0 radical (unpaired) electrons. The molecule has 3 rings (SSSR count). The van der Waals surface area contributed by atoms with E-state index in [4.69, 9.17) is 9.47 Å². The van der Waals surface area contributed by atoms with Gasteiger partial charge in [0.1, 0.15) is 5.75 Å². The van der Waals surface area contributed by atoms with Crippen LogP contribution in [-0.2, 0) is 10.5 Å². The monoisotopic (exact) mass is 392 g/mol. The van der Waals surface area contributed by atoms with Gasteiger partial charge in [-0.3, -0.25) is 0 Å². The molecule has 0 heterocycles. The molecule has 3 nitrogen and oxygen atoms in total. The summed E-state index contributed by atoms with van der Waals surface area (Å²) in [5.41, 5.74) is 3.96. The summed E-state index contributed by atoms with van der Waals surface area (Å²) in [7, 11) is 0. The second kappa shape index (κ2) is 10.6. The molecule has 3 aromatic rings. The summed E-state index contributed by atoms with van der Waals surface area (Å²) >= 11 is 1.85. The molecule has 0 saturated heterocycles. The van der Waals surface area contributed by atoms with Crippen molar-refractivity contribution in [2.75, 3.05) is 19.0 Å². The van der Waals surface area contributed by atoms with Crippen LogP contribution in [0.3, 0.4) is 0 Å². The molecule has 0 saturated carbocycles. The minimum Gasteiger partial charge on any atom is -0.493 e. The van der Waals surface area contributed by atoms with Gasteiger partial charge in [0.15, 0.2) is 0 Å². The van der Waals surface area contributed by atoms with Crippen LogP contribution in [-0.4, -0.2) is 24.9 Å². The molecule has 144 valence electrons. The molecule has 0 aliphatic heterocycles. The number of ether oxygens (including phenoxy) is 2. The predicted octanol–water partition coefficient (Wildman–Crippen LogP) is 5.84. The molecule has 28 heavy (non-hydrogen) atoms. The second-order valence-electron chi connectivity index (χ2n) is 6.21. The summed E-state index contributed by atoms with van der Waals surface area (Å²) in [4.78, 5) is 11.9. The van der Waals surface area contributed by atoms with Crippen molar-refractivity contribution in [1.29, 1.82) is 0 Å². The van der Waals surface area contributed by atoms with Gasteiger partial charge >= 0.3 is 5.97 Å². The van der Waals surface area contributed by atoms with Gasteiger partial charge in [0, 0.05) is 11.5 Å². The molecule has 0 N–H and O–H groups in total. The molecule has 0 aromatic heterocycles. The first-order valence-corrected chi connectivity index (χ1v) is 10.5. The number of carbonyl (C=O) groups excluding carboxylic acids is 1. The normalized spacial score (nSPS) is 10.5. The van der Waals surface area contributed by atoms with Crippen LogP contribution < -0.4 is 4.74 Å². The van der Waals surface area contributed by atoms with E-state index in [9.17, 15) is 4.79 Å². The van der Waals surface area contributed by atoms with Crippen LogP contribution in [0, 0.1) is 0 Å². The zero-order valence-corrected chi connectivity index (χ0v) is 16.8. The van der Waals surface area contributed by atoms with Gasteiger partial charge in [-0.1, -0.05) is 54.6 Å². The Morgan fingerprint density at radius 3 is 2.43 bits per heavy atom. The van der Waals surface area contributed by atoms with E-state index in [0.717, 1.165) is 28.4 Å². The fourth-order valence-electron chi connectivity index (χ4n) is 2.76. The molecule has 4 heteroatoms. The molecule has 0 spiro atoms. The van der Waals surface area contributed by atoms with Crippen LogP contribution in [0.5, 0.6) is 5.75 Å². The van der Waals surface area contributed by atoms with Gasteiger partial charge in [-0.25, -0.2) is 4.79 Å². The van der Waals surface area contributed by atoms with Crippen LogP contribution in [0.15, 0.2) is 78.9 Å². The maximum atomic E-state index is 11.9. The maximum absolute atomic E-state index is 11.9. The van der Waals surface area contributed by atoms with E-state index in [1.54, 1.807) is 6.07 Å². The third kappa shape index (κ3) is 5.89. The molecule has 3 aromatic carbocycles. The highest BCUT2D eigenvalue weighted by atomic mass is 32.2. The first kappa shape index (κ1) is 20.0. The van der Waals surface area contributed by atoms with Gasteiger partial charge in [-0.05, 0) is 47.9 Å². The number of esters is 1. The fourth-order valence-corrected chi connectivity index (χ4v) is 3.53. The lowest BCUT2D eigenvalue weighted by molar-refractivity contribution is 0.0526. The van der Waals surface area contributed by atoms with E-state index < -0.39 is 0 Å². The van der Waals surface area contributed by atoms with Crippen molar-refractivity contribution in [2.24, 2.45) is 0 Å². The van der Waals surface area contributed by atoms with Gasteiger partial charge in [0.25, 0.3) is 0 Å². The van der Waals surface area contributed by atoms with Crippen molar-refractivity contribution < 1.29 is 14.3 Å². The minimum atomic E-state index is -0.282. The molecule has 0 bridgehead atoms. The largest absolute Gasteiger partial charge is 0.493 e. The van der Waals surface area contributed by atoms with Gasteiger partial charge in [0.05, 0.1) is 18.8 Å². The maximum Gasteiger partial charge on any atom is 0.338 e. The molecule has 0 aliphatic rings. The Kier molecular flexibility index (Phi) is 7.56. The van der Waals surface area contributed by atoms with Crippen molar-refractivity contribution in [1.82, 2.24) is 0 Å². The zero-order valence-electron chi connectivity index (χ0n) is 16.0. The smallest absolute Gasteiger partial charge is 0.338 e. The van der Waals surface area contributed by atoms with Crippen LogP contribution in [0.25, 0.3) is 11.1 Å². The Bertz CT molecular complexity index is 876. The van der Waals surface area contributed by atoms with Crippen molar-refractivity contribution >= 4 is 17.7 Å². The van der Waals surface area contributed by atoms with Gasteiger partial charge < -0.3 is 9.47 Å². The quantitative estimate of drug-likeness (QED) is 0.338. The number of hydrogen-bond donors (Lipinski definition) is 0. The van der Waals surface area contributed by atoms with Crippen molar-refractivity contribution in [3.63, 3.8) is 0 Å². The van der Waals surface area contributed by atoms with E-state index in [1.165, 1.54) is 5.56 Å². The molecule has 0 aliphatic carbocycles. The van der Waals surface area contributed by atoms with Crippen molar-refractivity contribution in [3.05, 3.63) is 90.0 Å². The molecule has 0 amide bonds. The Labute approximate surface area is 170 Å². The SMILES string of the molecule is CCOC(=O)c1cccc(-c2ccc(CSCCOc3ccccc3)cc2)c1. The van der Waals surface area contributed by atoms with Gasteiger partial charge in [-0.15, -0.1) is 0 Å². The van der Waals surface area contributed by atoms with Crippen molar-refractivity contribution in [3.8, 4) is 16.9 Å².